The molecular formula is C22H30N2. The monoisotopic (exact) mass is 322 g/mol. The second-order valence-electron chi connectivity index (χ2n) is 7.91. The van der Waals surface area contributed by atoms with Gasteiger partial charge in [0.2, 0.25) is 0 Å². The highest BCUT2D eigenvalue weighted by molar-refractivity contribution is 6.05. The third-order valence-electron chi connectivity index (χ3n) is 6.38. The van der Waals surface area contributed by atoms with E-state index in [1.807, 2.05) is 0 Å². The molecule has 2 aromatic rings. The van der Waals surface area contributed by atoms with Crippen molar-refractivity contribution >= 4 is 22.1 Å². The predicted molar refractivity (Wildman–Crippen MR) is 104 cm³/mol. The van der Waals surface area contributed by atoms with Crippen molar-refractivity contribution in [2.24, 2.45) is 0 Å². The fourth-order valence-corrected chi connectivity index (χ4v) is 5.11. The Morgan fingerprint density at radius 1 is 0.542 bits per heavy atom. The van der Waals surface area contributed by atoms with Crippen LogP contribution >= 0.6 is 0 Å². The first kappa shape index (κ1) is 15.8. The van der Waals surface area contributed by atoms with E-state index < -0.39 is 0 Å². The average molecular weight is 322 g/mol. The van der Waals surface area contributed by atoms with E-state index in [0.29, 0.717) is 11.8 Å². The smallest absolute Gasteiger partial charge is 0.0397 e. The molecule has 0 radical (unpaired) electrons. The quantitative estimate of drug-likeness (QED) is 0.656. The summed E-state index contributed by atoms with van der Waals surface area (Å²) in [4.78, 5) is 0. The standard InChI is InChI=1S/C22H30N2/c23-19-14-12-18(16-9-5-2-6-10-16)22-20(24)13-11-17(21(19)22)15-7-3-1-4-8-15/h11-16H,1-10,23-24H2. The van der Waals surface area contributed by atoms with Gasteiger partial charge in [-0.15, -0.1) is 0 Å². The minimum Gasteiger partial charge on any atom is -0.398 e. The van der Waals surface area contributed by atoms with Gasteiger partial charge < -0.3 is 11.5 Å². The van der Waals surface area contributed by atoms with Gasteiger partial charge in [0, 0.05) is 22.1 Å². The number of nitrogen functional groups attached to an aromatic ring is 2. The molecule has 0 aliphatic heterocycles. The zero-order valence-corrected chi connectivity index (χ0v) is 14.7. The van der Waals surface area contributed by atoms with Crippen molar-refractivity contribution in [3.63, 3.8) is 0 Å². The van der Waals surface area contributed by atoms with Crippen LogP contribution in [0.5, 0.6) is 0 Å². The minimum absolute atomic E-state index is 0.658. The molecule has 2 heteroatoms. The van der Waals surface area contributed by atoms with Crippen molar-refractivity contribution < 1.29 is 0 Å². The summed E-state index contributed by atoms with van der Waals surface area (Å²) in [6, 6.07) is 8.79. The summed E-state index contributed by atoms with van der Waals surface area (Å²) >= 11 is 0. The van der Waals surface area contributed by atoms with Crippen LogP contribution in [0.4, 0.5) is 11.4 Å². The molecule has 0 bridgehead atoms. The van der Waals surface area contributed by atoms with E-state index in [9.17, 15) is 0 Å². The zero-order chi connectivity index (χ0) is 16.5. The van der Waals surface area contributed by atoms with Crippen LogP contribution in [-0.2, 0) is 0 Å². The van der Waals surface area contributed by atoms with Crippen molar-refractivity contribution in [2.75, 3.05) is 11.5 Å². The van der Waals surface area contributed by atoms with Gasteiger partial charge in [0.05, 0.1) is 0 Å². The van der Waals surface area contributed by atoms with Crippen LogP contribution in [0.2, 0.25) is 0 Å². The minimum atomic E-state index is 0.658. The Labute approximate surface area is 145 Å². The first-order valence-corrected chi connectivity index (χ1v) is 9.86. The molecule has 24 heavy (non-hydrogen) atoms. The van der Waals surface area contributed by atoms with E-state index in [-0.39, 0.29) is 0 Å². The largest absolute Gasteiger partial charge is 0.398 e. The summed E-state index contributed by atoms with van der Waals surface area (Å²) in [5.74, 6) is 1.32. The molecule has 0 atom stereocenters. The van der Waals surface area contributed by atoms with Crippen LogP contribution in [0.3, 0.4) is 0 Å². The highest BCUT2D eigenvalue weighted by Crippen LogP contribution is 2.44. The first-order chi connectivity index (χ1) is 11.8. The molecule has 4 N–H and O–H groups in total. The second-order valence-corrected chi connectivity index (χ2v) is 7.91. The molecule has 0 heterocycles. The second kappa shape index (κ2) is 6.66. The number of hydrogen-bond acceptors (Lipinski definition) is 2. The summed E-state index contributed by atoms with van der Waals surface area (Å²) in [5, 5.41) is 2.54. The van der Waals surface area contributed by atoms with Gasteiger partial charge in [-0.3, -0.25) is 0 Å². The number of rotatable bonds is 2. The van der Waals surface area contributed by atoms with Crippen LogP contribution in [0.15, 0.2) is 24.3 Å². The highest BCUT2D eigenvalue weighted by atomic mass is 14.6. The third kappa shape index (κ3) is 2.76. The van der Waals surface area contributed by atoms with E-state index in [1.54, 1.807) is 0 Å². The molecule has 2 aliphatic carbocycles. The third-order valence-corrected chi connectivity index (χ3v) is 6.38. The van der Waals surface area contributed by atoms with Crippen molar-refractivity contribution in [3.8, 4) is 0 Å². The maximum Gasteiger partial charge on any atom is 0.0397 e. The summed E-state index contributed by atoms with van der Waals surface area (Å²) in [5.41, 5.74) is 17.7. The number of anilines is 2. The lowest BCUT2D eigenvalue weighted by atomic mass is 9.78. The SMILES string of the molecule is Nc1ccc(C2CCCCC2)c2c(N)ccc(C3CCCCC3)c12. The molecule has 0 saturated heterocycles. The van der Waals surface area contributed by atoms with Crippen molar-refractivity contribution in [1.29, 1.82) is 0 Å². The zero-order valence-electron chi connectivity index (χ0n) is 14.7. The molecule has 4 rings (SSSR count). The Hall–Kier alpha value is -1.70. The van der Waals surface area contributed by atoms with Gasteiger partial charge in [-0.1, -0.05) is 50.7 Å². The molecule has 2 fully saturated rings. The molecule has 128 valence electrons. The van der Waals surface area contributed by atoms with E-state index >= 15 is 0 Å². The van der Waals surface area contributed by atoms with E-state index in [2.05, 4.69) is 24.3 Å². The van der Waals surface area contributed by atoms with Gasteiger partial charge >= 0.3 is 0 Å². The van der Waals surface area contributed by atoms with Crippen LogP contribution in [-0.4, -0.2) is 0 Å². The molecule has 0 spiro atoms. The fourth-order valence-electron chi connectivity index (χ4n) is 5.11. The van der Waals surface area contributed by atoms with Crippen LogP contribution in [0.1, 0.15) is 87.2 Å². The molecule has 0 amide bonds. The van der Waals surface area contributed by atoms with Crippen LogP contribution < -0.4 is 11.5 Å². The Morgan fingerprint density at radius 3 is 1.29 bits per heavy atom. The van der Waals surface area contributed by atoms with Gasteiger partial charge in [-0.2, -0.15) is 0 Å². The molecule has 0 aromatic heterocycles. The van der Waals surface area contributed by atoms with Crippen LogP contribution in [0, 0.1) is 0 Å². The van der Waals surface area contributed by atoms with Gasteiger partial charge in [-0.25, -0.2) is 0 Å². The number of benzene rings is 2. The molecular weight excluding hydrogens is 292 g/mol. The first-order valence-electron chi connectivity index (χ1n) is 9.86. The summed E-state index contributed by atoms with van der Waals surface area (Å²) in [6.45, 7) is 0. The Bertz CT molecular complexity index is 659. The van der Waals surface area contributed by atoms with E-state index in [0.717, 1.165) is 11.4 Å². The summed E-state index contributed by atoms with van der Waals surface area (Å²) < 4.78 is 0. The van der Waals surface area contributed by atoms with Gasteiger partial charge in [0.15, 0.2) is 0 Å². The van der Waals surface area contributed by atoms with Gasteiger partial charge in [0.25, 0.3) is 0 Å². The van der Waals surface area contributed by atoms with Crippen LogP contribution in [0.25, 0.3) is 10.8 Å². The van der Waals surface area contributed by atoms with Gasteiger partial charge in [0.1, 0.15) is 0 Å². The topological polar surface area (TPSA) is 52.0 Å². The number of nitrogens with two attached hydrogens (primary N) is 2. The average Bonchev–Trinajstić information content (AvgIpc) is 2.64. The van der Waals surface area contributed by atoms with Crippen molar-refractivity contribution in [3.05, 3.63) is 35.4 Å². The normalized spacial score (nSPS) is 20.5. The lowest BCUT2D eigenvalue weighted by Gasteiger charge is -2.28. The maximum atomic E-state index is 6.48. The number of fused-ring (bicyclic) bond motifs is 1. The number of hydrogen-bond donors (Lipinski definition) is 2. The van der Waals surface area contributed by atoms with E-state index in [4.69, 9.17) is 11.5 Å². The molecule has 0 unspecified atom stereocenters. The Morgan fingerprint density at radius 2 is 0.917 bits per heavy atom. The molecule has 2 aromatic carbocycles. The fraction of sp³-hybridized carbons (Fsp3) is 0.545. The predicted octanol–water partition coefficient (Wildman–Crippen LogP) is 6.10. The summed E-state index contributed by atoms with van der Waals surface area (Å²) in [7, 11) is 0. The molecule has 2 nitrogen and oxygen atoms in total. The molecule has 2 saturated carbocycles. The lowest BCUT2D eigenvalue weighted by molar-refractivity contribution is 0.444. The highest BCUT2D eigenvalue weighted by Gasteiger charge is 2.24. The van der Waals surface area contributed by atoms with Crippen molar-refractivity contribution in [1.82, 2.24) is 0 Å². The van der Waals surface area contributed by atoms with E-state index in [1.165, 1.54) is 86.1 Å². The van der Waals surface area contributed by atoms with Gasteiger partial charge in [-0.05, 0) is 60.8 Å². The molecule has 2 aliphatic rings. The lowest BCUT2D eigenvalue weighted by Crippen LogP contribution is -2.10. The Kier molecular flexibility index (Phi) is 4.39. The Balaban J connectivity index is 1.88. The maximum absolute atomic E-state index is 6.48. The summed E-state index contributed by atoms with van der Waals surface area (Å²) in [6.07, 6.45) is 13.3. The van der Waals surface area contributed by atoms with Crippen molar-refractivity contribution in [2.45, 2.75) is 76.0 Å².